The molecule has 4 rings (SSSR count). The first-order chi connectivity index (χ1) is 13.4. The first-order valence-electron chi connectivity index (χ1n) is 9.95. The van der Waals surface area contributed by atoms with Gasteiger partial charge in [-0.1, -0.05) is 11.6 Å². The van der Waals surface area contributed by atoms with Gasteiger partial charge < -0.3 is 4.74 Å². The molecule has 0 bridgehead atoms. The molecule has 1 unspecified atom stereocenters. The van der Waals surface area contributed by atoms with Gasteiger partial charge in [-0.15, -0.1) is 0 Å². The van der Waals surface area contributed by atoms with E-state index in [1.807, 2.05) is 6.07 Å². The molecule has 1 aromatic carbocycles. The normalized spacial score (nSPS) is 26.4. The van der Waals surface area contributed by atoms with Crippen molar-refractivity contribution < 1.29 is 13.2 Å². The number of nitrogens with zero attached hydrogens (tertiary/aromatic N) is 3. The fourth-order valence-corrected chi connectivity index (χ4v) is 6.96. The lowest BCUT2D eigenvalue weighted by Crippen LogP contribution is -2.45. The average molecular weight is 424 g/mol. The third-order valence-electron chi connectivity index (χ3n) is 6.70. The first-order valence-corrected chi connectivity index (χ1v) is 11.8. The molecule has 0 amide bonds. The number of benzene rings is 1. The summed E-state index contributed by atoms with van der Waals surface area (Å²) in [4.78, 5) is 2.65. The predicted molar refractivity (Wildman–Crippen MR) is 107 cm³/mol. The van der Waals surface area contributed by atoms with Crippen molar-refractivity contribution in [1.29, 1.82) is 5.26 Å². The molecule has 0 N–H and O–H groups in total. The first kappa shape index (κ1) is 20.1. The van der Waals surface area contributed by atoms with Crippen molar-refractivity contribution in [3.63, 3.8) is 0 Å². The van der Waals surface area contributed by atoms with Gasteiger partial charge in [0.15, 0.2) is 0 Å². The van der Waals surface area contributed by atoms with Crippen LogP contribution in [0.4, 0.5) is 0 Å². The Morgan fingerprint density at radius 2 is 1.86 bits per heavy atom. The van der Waals surface area contributed by atoms with E-state index >= 15 is 0 Å². The number of hydrogen-bond donors (Lipinski definition) is 0. The summed E-state index contributed by atoms with van der Waals surface area (Å²) in [6.45, 7) is 4.74. The molecule has 1 aromatic rings. The van der Waals surface area contributed by atoms with E-state index in [1.54, 1.807) is 4.31 Å². The van der Waals surface area contributed by atoms with Crippen LogP contribution in [0, 0.1) is 16.7 Å². The molecule has 152 valence electrons. The fraction of sp³-hybridized carbons (Fsp3) is 0.650. The molecule has 28 heavy (non-hydrogen) atoms. The van der Waals surface area contributed by atoms with Crippen molar-refractivity contribution >= 4 is 21.6 Å². The van der Waals surface area contributed by atoms with Crippen molar-refractivity contribution in [3.05, 3.63) is 28.8 Å². The number of halogens is 1. The van der Waals surface area contributed by atoms with Crippen LogP contribution in [0.25, 0.3) is 0 Å². The van der Waals surface area contributed by atoms with E-state index in [1.165, 1.54) is 37.5 Å². The standard InChI is InChI=1S/C20H26ClN3O3S/c21-18-13-16(15-22)1-2-19(18)28(25,26)24-7-5-20(6-8-24)4-3-17(14-20)23-9-11-27-12-10-23/h1-2,13,17H,3-12,14H2. The van der Waals surface area contributed by atoms with Crippen molar-refractivity contribution in [2.75, 3.05) is 39.4 Å². The van der Waals surface area contributed by atoms with Gasteiger partial charge >= 0.3 is 0 Å². The van der Waals surface area contributed by atoms with E-state index in [9.17, 15) is 8.42 Å². The van der Waals surface area contributed by atoms with Crippen LogP contribution in [-0.2, 0) is 14.8 Å². The highest BCUT2D eigenvalue weighted by molar-refractivity contribution is 7.89. The largest absolute Gasteiger partial charge is 0.379 e. The van der Waals surface area contributed by atoms with Crippen LogP contribution in [0.5, 0.6) is 0 Å². The zero-order valence-corrected chi connectivity index (χ0v) is 17.5. The van der Waals surface area contributed by atoms with Crippen LogP contribution in [0.15, 0.2) is 23.1 Å². The SMILES string of the molecule is N#Cc1ccc(S(=O)(=O)N2CCC3(CCC(N4CCOCC4)C3)CC2)c(Cl)c1. The van der Waals surface area contributed by atoms with Crippen molar-refractivity contribution in [2.45, 2.75) is 43.0 Å². The van der Waals surface area contributed by atoms with E-state index in [2.05, 4.69) is 4.90 Å². The number of piperidine rings is 1. The minimum atomic E-state index is -3.63. The third kappa shape index (κ3) is 3.81. The van der Waals surface area contributed by atoms with Gasteiger partial charge in [0.25, 0.3) is 0 Å². The summed E-state index contributed by atoms with van der Waals surface area (Å²) < 4.78 is 33.2. The number of rotatable bonds is 3. The second-order valence-corrected chi connectivity index (χ2v) is 10.5. The Bertz CT molecular complexity index is 869. The smallest absolute Gasteiger partial charge is 0.244 e. The molecule has 2 aliphatic heterocycles. The third-order valence-corrected chi connectivity index (χ3v) is 9.08. The lowest BCUT2D eigenvalue weighted by atomic mass is 9.77. The second kappa shape index (κ2) is 7.92. The molecule has 2 saturated heterocycles. The van der Waals surface area contributed by atoms with E-state index in [0.717, 1.165) is 39.1 Å². The summed E-state index contributed by atoms with van der Waals surface area (Å²) in [5, 5.41) is 9.08. The maximum atomic E-state index is 13.1. The van der Waals surface area contributed by atoms with Gasteiger partial charge in [-0.05, 0) is 55.7 Å². The number of sulfonamides is 1. The average Bonchev–Trinajstić information content (AvgIpc) is 3.12. The van der Waals surface area contributed by atoms with Crippen molar-refractivity contribution in [2.24, 2.45) is 5.41 Å². The van der Waals surface area contributed by atoms with E-state index in [4.69, 9.17) is 21.6 Å². The van der Waals surface area contributed by atoms with Crippen LogP contribution in [0.3, 0.4) is 0 Å². The van der Waals surface area contributed by atoms with E-state index in [0.29, 0.717) is 24.7 Å². The van der Waals surface area contributed by atoms with Gasteiger partial charge in [0.1, 0.15) is 4.90 Å². The van der Waals surface area contributed by atoms with Crippen LogP contribution in [-0.4, -0.2) is 63.1 Å². The number of morpholine rings is 1. The van der Waals surface area contributed by atoms with Crippen LogP contribution < -0.4 is 0 Å². The van der Waals surface area contributed by atoms with Crippen LogP contribution in [0.2, 0.25) is 5.02 Å². The Morgan fingerprint density at radius 1 is 1.14 bits per heavy atom. The predicted octanol–water partition coefficient (Wildman–Crippen LogP) is 2.87. The Balaban J connectivity index is 1.42. The highest BCUT2D eigenvalue weighted by Gasteiger charge is 2.45. The molecule has 1 saturated carbocycles. The molecule has 8 heteroatoms. The van der Waals surface area contributed by atoms with Gasteiger partial charge in [0, 0.05) is 32.2 Å². The fourth-order valence-electron chi connectivity index (χ4n) is 5.00. The highest BCUT2D eigenvalue weighted by atomic mass is 35.5. The molecular weight excluding hydrogens is 398 g/mol. The maximum absolute atomic E-state index is 13.1. The maximum Gasteiger partial charge on any atom is 0.244 e. The number of hydrogen-bond acceptors (Lipinski definition) is 5. The molecule has 3 aliphatic rings. The zero-order chi connectivity index (χ0) is 19.8. The molecule has 3 fully saturated rings. The van der Waals surface area contributed by atoms with Crippen molar-refractivity contribution in [3.8, 4) is 6.07 Å². The molecule has 0 aromatic heterocycles. The topological polar surface area (TPSA) is 73.6 Å². The van der Waals surface area contributed by atoms with Gasteiger partial charge in [0.05, 0.1) is 29.9 Å². The highest BCUT2D eigenvalue weighted by Crippen LogP contribution is 2.48. The Labute approximate surface area is 172 Å². The Morgan fingerprint density at radius 3 is 2.50 bits per heavy atom. The zero-order valence-electron chi connectivity index (χ0n) is 15.9. The number of ether oxygens (including phenoxy) is 1. The van der Waals surface area contributed by atoms with Gasteiger partial charge in [-0.25, -0.2) is 8.42 Å². The molecule has 1 aliphatic carbocycles. The lowest BCUT2D eigenvalue weighted by molar-refractivity contribution is 0.0137. The quantitative estimate of drug-likeness (QED) is 0.747. The summed E-state index contributed by atoms with van der Waals surface area (Å²) in [5.41, 5.74) is 0.630. The second-order valence-electron chi connectivity index (χ2n) is 8.21. The molecular formula is C20H26ClN3O3S. The molecule has 0 radical (unpaired) electrons. The summed E-state index contributed by atoms with van der Waals surface area (Å²) in [5.74, 6) is 0. The van der Waals surface area contributed by atoms with Gasteiger partial charge in [-0.2, -0.15) is 9.57 Å². The summed E-state index contributed by atoms with van der Waals surface area (Å²) in [6, 6.07) is 6.97. The lowest BCUT2D eigenvalue weighted by Gasteiger charge is -2.40. The number of nitriles is 1. The van der Waals surface area contributed by atoms with Crippen molar-refractivity contribution in [1.82, 2.24) is 9.21 Å². The Hall–Kier alpha value is -1.17. The summed E-state index contributed by atoms with van der Waals surface area (Å²) >= 11 is 6.16. The molecule has 2 heterocycles. The molecule has 6 nitrogen and oxygen atoms in total. The minimum absolute atomic E-state index is 0.0988. The molecule has 1 spiro atoms. The van der Waals surface area contributed by atoms with Gasteiger partial charge in [0.2, 0.25) is 10.0 Å². The molecule has 1 atom stereocenters. The van der Waals surface area contributed by atoms with E-state index < -0.39 is 10.0 Å². The van der Waals surface area contributed by atoms with Gasteiger partial charge in [-0.3, -0.25) is 4.90 Å². The van der Waals surface area contributed by atoms with Crippen LogP contribution >= 0.6 is 11.6 Å². The monoisotopic (exact) mass is 423 g/mol. The summed E-state index contributed by atoms with van der Waals surface area (Å²) in [6.07, 6.45) is 5.36. The van der Waals surface area contributed by atoms with E-state index in [-0.39, 0.29) is 15.3 Å². The minimum Gasteiger partial charge on any atom is -0.379 e. The Kier molecular flexibility index (Phi) is 5.69. The van der Waals surface area contributed by atoms with Crippen LogP contribution in [0.1, 0.15) is 37.7 Å². The summed E-state index contributed by atoms with van der Waals surface area (Å²) in [7, 11) is -3.63.